The van der Waals surface area contributed by atoms with Gasteiger partial charge in [-0.3, -0.25) is 9.00 Å². The molecule has 0 aliphatic heterocycles. The number of hydrogen-bond donors (Lipinski definition) is 2. The van der Waals surface area contributed by atoms with E-state index >= 15 is 0 Å². The highest BCUT2D eigenvalue weighted by molar-refractivity contribution is 7.85. The second-order valence-electron chi connectivity index (χ2n) is 2.76. The number of amides is 1. The van der Waals surface area contributed by atoms with E-state index < -0.39 is 10.8 Å². The van der Waals surface area contributed by atoms with Crippen LogP contribution in [0.3, 0.4) is 0 Å². The Bertz CT molecular complexity index is 173. The molecule has 0 aromatic carbocycles. The van der Waals surface area contributed by atoms with Crippen LogP contribution in [0.2, 0.25) is 0 Å². The van der Waals surface area contributed by atoms with E-state index in [1.807, 2.05) is 6.92 Å². The van der Waals surface area contributed by atoms with E-state index in [9.17, 15) is 9.00 Å². The molecule has 0 radical (unpaired) electrons. The van der Waals surface area contributed by atoms with Crippen molar-refractivity contribution in [2.24, 2.45) is 11.7 Å². The third-order valence-electron chi connectivity index (χ3n) is 1.44. The normalized spacial score (nSPS) is 15.2. The van der Waals surface area contributed by atoms with Crippen LogP contribution in [-0.2, 0) is 15.6 Å². The number of nitrogens with two attached hydrogens (primary N) is 1. The van der Waals surface area contributed by atoms with E-state index in [-0.39, 0.29) is 17.6 Å². The third kappa shape index (κ3) is 5.26. The van der Waals surface area contributed by atoms with Crippen molar-refractivity contribution in [1.29, 1.82) is 0 Å². The second-order valence-corrected chi connectivity index (χ2v) is 4.27. The Morgan fingerprint density at radius 1 is 1.67 bits per heavy atom. The molecule has 0 aromatic rings. The lowest BCUT2D eigenvalue weighted by Gasteiger charge is -2.06. The zero-order chi connectivity index (χ0) is 9.56. The van der Waals surface area contributed by atoms with E-state index in [0.29, 0.717) is 12.3 Å². The van der Waals surface area contributed by atoms with Crippen LogP contribution in [0.1, 0.15) is 6.92 Å². The Morgan fingerprint density at radius 3 is 2.67 bits per heavy atom. The maximum absolute atomic E-state index is 11.2. The van der Waals surface area contributed by atoms with Gasteiger partial charge in [0.05, 0.1) is 0 Å². The number of carbonyl (C=O) groups excluding carboxylic acids is 1. The second kappa shape index (κ2) is 6.14. The van der Waals surface area contributed by atoms with Crippen LogP contribution < -0.4 is 11.1 Å². The molecule has 0 fully saturated rings. The molecule has 1 amide bonds. The van der Waals surface area contributed by atoms with E-state index in [0.717, 1.165) is 0 Å². The average Bonchev–Trinajstić information content (AvgIpc) is 2.03. The lowest BCUT2D eigenvalue weighted by atomic mass is 10.2. The summed E-state index contributed by atoms with van der Waals surface area (Å²) in [6, 6.07) is 0. The van der Waals surface area contributed by atoms with Crippen LogP contribution >= 0.6 is 0 Å². The van der Waals surface area contributed by atoms with Crippen molar-refractivity contribution in [3.8, 4) is 0 Å². The first kappa shape index (κ1) is 11.6. The molecule has 0 bridgehead atoms. The van der Waals surface area contributed by atoms with Gasteiger partial charge in [-0.1, -0.05) is 6.92 Å². The molecular weight excluding hydrogens is 176 g/mol. The summed E-state index contributed by atoms with van der Waals surface area (Å²) in [6.45, 7) is 2.43. The quantitative estimate of drug-likeness (QED) is 0.591. The minimum atomic E-state index is -1.07. The molecule has 12 heavy (non-hydrogen) atoms. The van der Waals surface area contributed by atoms with Crippen LogP contribution in [0.25, 0.3) is 0 Å². The van der Waals surface area contributed by atoms with Gasteiger partial charge in [-0.05, 0) is 12.5 Å². The average molecular weight is 192 g/mol. The monoisotopic (exact) mass is 192 g/mol. The number of nitrogens with one attached hydrogen (secondary N) is 1. The molecule has 72 valence electrons. The van der Waals surface area contributed by atoms with Crippen LogP contribution in [0, 0.1) is 5.92 Å². The Balaban J connectivity index is 3.66. The molecule has 0 saturated carbocycles. The molecule has 2 unspecified atom stereocenters. The highest BCUT2D eigenvalue weighted by atomic mass is 32.2. The third-order valence-corrected chi connectivity index (χ3v) is 2.97. The molecule has 0 aliphatic carbocycles. The fraction of sp³-hybridized carbons (Fsp3) is 0.857. The lowest BCUT2D eigenvalue weighted by Crippen LogP contribution is -2.27. The van der Waals surface area contributed by atoms with Gasteiger partial charge in [-0.25, -0.2) is 0 Å². The number of rotatable bonds is 5. The summed E-state index contributed by atoms with van der Waals surface area (Å²) in [5.41, 5.74) is 5.35. The van der Waals surface area contributed by atoms with Gasteiger partial charge in [0.25, 0.3) is 0 Å². The number of carbonyl (C=O) groups is 1. The van der Waals surface area contributed by atoms with Gasteiger partial charge in [0.1, 0.15) is 5.75 Å². The van der Waals surface area contributed by atoms with Crippen molar-refractivity contribution in [1.82, 2.24) is 5.32 Å². The van der Waals surface area contributed by atoms with Crippen molar-refractivity contribution in [2.75, 3.05) is 25.1 Å². The zero-order valence-electron chi connectivity index (χ0n) is 7.50. The van der Waals surface area contributed by atoms with Crippen molar-refractivity contribution in [3.63, 3.8) is 0 Å². The SMILES string of the molecule is CNC(=O)CS(=O)CC(C)CN. The molecule has 0 rings (SSSR count). The Hall–Kier alpha value is -0.420. The summed E-state index contributed by atoms with van der Waals surface area (Å²) in [4.78, 5) is 10.8. The summed E-state index contributed by atoms with van der Waals surface area (Å²) in [5, 5.41) is 2.42. The van der Waals surface area contributed by atoms with Crippen LogP contribution in [-0.4, -0.2) is 35.2 Å². The highest BCUT2D eigenvalue weighted by Gasteiger charge is 2.09. The summed E-state index contributed by atoms with van der Waals surface area (Å²) in [7, 11) is 0.462. The van der Waals surface area contributed by atoms with Gasteiger partial charge >= 0.3 is 0 Å². The first-order chi connectivity index (χ1) is 5.60. The Labute approximate surface area is 75.4 Å². The topological polar surface area (TPSA) is 72.2 Å². The molecule has 0 heterocycles. The standard InChI is InChI=1S/C7H16N2O2S/c1-6(3-8)4-12(11)5-7(10)9-2/h6H,3-5,8H2,1-2H3,(H,9,10). The van der Waals surface area contributed by atoms with Gasteiger partial charge in [0.2, 0.25) is 5.91 Å². The maximum Gasteiger partial charge on any atom is 0.232 e. The zero-order valence-corrected chi connectivity index (χ0v) is 8.32. The molecular formula is C7H16N2O2S. The van der Waals surface area contributed by atoms with Gasteiger partial charge < -0.3 is 11.1 Å². The molecule has 5 heteroatoms. The summed E-state index contributed by atoms with van der Waals surface area (Å²) in [5.74, 6) is 0.623. The van der Waals surface area contributed by atoms with E-state index in [2.05, 4.69) is 5.32 Å². The fourth-order valence-electron chi connectivity index (χ4n) is 0.663. The van der Waals surface area contributed by atoms with Gasteiger partial charge in [0.15, 0.2) is 0 Å². The Kier molecular flexibility index (Phi) is 5.92. The summed E-state index contributed by atoms with van der Waals surface area (Å²) in [6.07, 6.45) is 0. The molecule has 2 atom stereocenters. The minimum absolute atomic E-state index is 0.0842. The molecule has 0 aromatic heterocycles. The predicted molar refractivity (Wildman–Crippen MR) is 50.2 cm³/mol. The lowest BCUT2D eigenvalue weighted by molar-refractivity contribution is -0.118. The van der Waals surface area contributed by atoms with Crippen LogP contribution in [0.15, 0.2) is 0 Å². The smallest absolute Gasteiger partial charge is 0.232 e. The van der Waals surface area contributed by atoms with E-state index in [1.165, 1.54) is 7.05 Å². The first-order valence-electron chi connectivity index (χ1n) is 3.85. The van der Waals surface area contributed by atoms with E-state index in [4.69, 9.17) is 5.73 Å². The number of hydrogen-bond acceptors (Lipinski definition) is 3. The van der Waals surface area contributed by atoms with E-state index in [1.54, 1.807) is 0 Å². The van der Waals surface area contributed by atoms with Gasteiger partial charge in [-0.2, -0.15) is 0 Å². The van der Waals surface area contributed by atoms with Gasteiger partial charge in [0, 0.05) is 23.6 Å². The fourth-order valence-corrected chi connectivity index (χ4v) is 1.99. The highest BCUT2D eigenvalue weighted by Crippen LogP contribution is 1.95. The van der Waals surface area contributed by atoms with Crippen molar-refractivity contribution < 1.29 is 9.00 Å². The molecule has 0 spiro atoms. The predicted octanol–water partition coefficient (Wildman–Crippen LogP) is -0.924. The van der Waals surface area contributed by atoms with Crippen molar-refractivity contribution in [3.05, 3.63) is 0 Å². The maximum atomic E-state index is 11.2. The van der Waals surface area contributed by atoms with Crippen molar-refractivity contribution in [2.45, 2.75) is 6.92 Å². The summed E-state index contributed by atoms with van der Waals surface area (Å²) >= 11 is 0. The first-order valence-corrected chi connectivity index (χ1v) is 5.34. The molecule has 3 N–H and O–H groups in total. The van der Waals surface area contributed by atoms with Crippen LogP contribution in [0.4, 0.5) is 0 Å². The van der Waals surface area contributed by atoms with Gasteiger partial charge in [-0.15, -0.1) is 0 Å². The summed E-state index contributed by atoms with van der Waals surface area (Å²) < 4.78 is 11.2. The molecule has 0 aliphatic rings. The van der Waals surface area contributed by atoms with Crippen molar-refractivity contribution >= 4 is 16.7 Å². The minimum Gasteiger partial charge on any atom is -0.358 e. The largest absolute Gasteiger partial charge is 0.358 e. The van der Waals surface area contributed by atoms with Crippen LogP contribution in [0.5, 0.6) is 0 Å². The Morgan fingerprint density at radius 2 is 2.25 bits per heavy atom. The molecule has 0 saturated heterocycles. The molecule has 4 nitrogen and oxygen atoms in total.